The lowest BCUT2D eigenvalue weighted by molar-refractivity contribution is -0.137. The number of hydrogen-bond acceptors (Lipinski definition) is 3. The van der Waals surface area contributed by atoms with E-state index in [9.17, 15) is 18.0 Å². The van der Waals surface area contributed by atoms with E-state index in [4.69, 9.17) is 4.74 Å². The highest BCUT2D eigenvalue weighted by Crippen LogP contribution is 2.29. The van der Waals surface area contributed by atoms with Gasteiger partial charge in [0.1, 0.15) is 0 Å². The molecule has 2 heterocycles. The molecule has 0 N–H and O–H groups in total. The van der Waals surface area contributed by atoms with E-state index in [0.717, 1.165) is 31.4 Å². The van der Waals surface area contributed by atoms with Gasteiger partial charge in [0.25, 0.3) is 5.91 Å². The smallest absolute Gasteiger partial charge is 0.381 e. The number of rotatable bonds is 5. The molecule has 3 nitrogen and oxygen atoms in total. The van der Waals surface area contributed by atoms with Gasteiger partial charge in [-0.1, -0.05) is 6.07 Å². The molecule has 7 heteroatoms. The Kier molecular flexibility index (Phi) is 5.98. The van der Waals surface area contributed by atoms with E-state index in [-0.39, 0.29) is 17.5 Å². The predicted octanol–water partition coefficient (Wildman–Crippen LogP) is 4.63. The second-order valence-corrected chi connectivity index (χ2v) is 7.28. The number of nitrogens with zero attached hydrogens (tertiary/aromatic N) is 1. The Morgan fingerprint density at radius 2 is 1.85 bits per heavy atom. The molecular formula is C19H20F3NO2S. The van der Waals surface area contributed by atoms with E-state index in [1.54, 1.807) is 16.2 Å². The van der Waals surface area contributed by atoms with Gasteiger partial charge in [0.2, 0.25) is 0 Å². The number of benzene rings is 1. The maximum Gasteiger partial charge on any atom is 0.416 e. The van der Waals surface area contributed by atoms with Crippen molar-refractivity contribution in [1.29, 1.82) is 0 Å². The molecule has 1 saturated heterocycles. The topological polar surface area (TPSA) is 29.5 Å². The third kappa shape index (κ3) is 4.65. The molecule has 0 radical (unpaired) electrons. The maximum atomic E-state index is 13.0. The first kappa shape index (κ1) is 18.9. The van der Waals surface area contributed by atoms with Crippen LogP contribution in [0.3, 0.4) is 0 Å². The zero-order valence-electron chi connectivity index (χ0n) is 14.2. The van der Waals surface area contributed by atoms with E-state index in [0.29, 0.717) is 19.8 Å². The van der Waals surface area contributed by atoms with Gasteiger partial charge in [0.05, 0.1) is 5.56 Å². The molecule has 140 valence electrons. The second kappa shape index (κ2) is 8.22. The van der Waals surface area contributed by atoms with Gasteiger partial charge >= 0.3 is 6.18 Å². The van der Waals surface area contributed by atoms with Gasteiger partial charge < -0.3 is 9.64 Å². The quantitative estimate of drug-likeness (QED) is 0.753. The summed E-state index contributed by atoms with van der Waals surface area (Å²) in [5.41, 5.74) is -0.457. The number of thiophene rings is 1. The number of amides is 1. The van der Waals surface area contributed by atoms with Crippen molar-refractivity contribution in [2.24, 2.45) is 0 Å². The minimum Gasteiger partial charge on any atom is -0.381 e. The van der Waals surface area contributed by atoms with Crippen LogP contribution in [0.15, 0.2) is 41.8 Å². The number of halogens is 3. The number of ether oxygens (including phenoxy) is 1. The van der Waals surface area contributed by atoms with E-state index in [1.807, 2.05) is 17.5 Å². The fraction of sp³-hybridized carbons (Fsp3) is 0.421. The van der Waals surface area contributed by atoms with Gasteiger partial charge in [0.15, 0.2) is 0 Å². The van der Waals surface area contributed by atoms with Crippen LogP contribution in [0, 0.1) is 0 Å². The highest BCUT2D eigenvalue weighted by molar-refractivity contribution is 7.09. The summed E-state index contributed by atoms with van der Waals surface area (Å²) < 4.78 is 43.6. The van der Waals surface area contributed by atoms with Crippen molar-refractivity contribution >= 4 is 17.2 Å². The van der Waals surface area contributed by atoms with Crippen molar-refractivity contribution in [2.75, 3.05) is 19.8 Å². The Labute approximate surface area is 154 Å². The molecule has 3 rings (SSSR count). The molecule has 0 aliphatic carbocycles. The molecule has 0 bridgehead atoms. The summed E-state index contributed by atoms with van der Waals surface area (Å²) in [6, 6.07) is 8.51. The summed E-state index contributed by atoms with van der Waals surface area (Å²) in [6.45, 7) is 1.74. The molecule has 1 amide bonds. The van der Waals surface area contributed by atoms with Crippen LogP contribution in [0.5, 0.6) is 0 Å². The van der Waals surface area contributed by atoms with Crippen molar-refractivity contribution in [3.05, 3.63) is 57.8 Å². The van der Waals surface area contributed by atoms with Crippen LogP contribution in [-0.4, -0.2) is 36.6 Å². The van der Waals surface area contributed by atoms with Crippen LogP contribution in [0.1, 0.15) is 33.6 Å². The summed E-state index contributed by atoms with van der Waals surface area (Å²) >= 11 is 1.64. The lowest BCUT2D eigenvalue weighted by Gasteiger charge is -2.34. The van der Waals surface area contributed by atoms with E-state index < -0.39 is 11.7 Å². The Balaban J connectivity index is 1.76. The molecule has 0 saturated carbocycles. The fourth-order valence-electron chi connectivity index (χ4n) is 3.10. The molecule has 1 fully saturated rings. The Bertz CT molecular complexity index is 707. The summed E-state index contributed by atoms with van der Waals surface area (Å²) in [7, 11) is 0. The van der Waals surface area contributed by atoms with Crippen LogP contribution in [0.2, 0.25) is 0 Å². The van der Waals surface area contributed by atoms with Gasteiger partial charge in [-0.15, -0.1) is 11.3 Å². The SMILES string of the molecule is O=C(c1ccc(C(F)(F)F)cc1)N(CCc1cccs1)C1CCOCC1. The van der Waals surface area contributed by atoms with E-state index in [1.165, 1.54) is 17.0 Å². The van der Waals surface area contributed by atoms with Crippen molar-refractivity contribution in [2.45, 2.75) is 31.5 Å². The molecule has 2 aromatic rings. The Morgan fingerprint density at radius 1 is 1.15 bits per heavy atom. The van der Waals surface area contributed by atoms with Gasteiger partial charge in [0, 0.05) is 36.2 Å². The van der Waals surface area contributed by atoms with Crippen LogP contribution in [0.25, 0.3) is 0 Å². The van der Waals surface area contributed by atoms with Crippen molar-refractivity contribution in [1.82, 2.24) is 4.90 Å². The third-order valence-electron chi connectivity index (χ3n) is 4.53. The van der Waals surface area contributed by atoms with Crippen molar-refractivity contribution in [3.63, 3.8) is 0 Å². The van der Waals surface area contributed by atoms with Crippen molar-refractivity contribution < 1.29 is 22.7 Å². The standard InChI is InChI=1S/C19H20F3NO2S/c20-19(21,22)15-5-3-14(4-6-15)18(24)23(16-8-11-25-12-9-16)10-7-17-2-1-13-26-17/h1-6,13,16H,7-12H2. The number of carbonyl (C=O) groups excluding carboxylic acids is 1. The highest BCUT2D eigenvalue weighted by Gasteiger charge is 2.31. The fourth-order valence-corrected chi connectivity index (χ4v) is 3.80. The Hall–Kier alpha value is -1.86. The van der Waals surface area contributed by atoms with Crippen LogP contribution in [-0.2, 0) is 17.3 Å². The molecule has 1 aromatic heterocycles. The largest absolute Gasteiger partial charge is 0.416 e. The first-order valence-electron chi connectivity index (χ1n) is 8.53. The third-order valence-corrected chi connectivity index (χ3v) is 5.47. The van der Waals surface area contributed by atoms with Crippen LogP contribution in [0.4, 0.5) is 13.2 Å². The lowest BCUT2D eigenvalue weighted by atomic mass is 10.0. The molecule has 1 aliphatic rings. The summed E-state index contributed by atoms with van der Waals surface area (Å²) in [5, 5.41) is 1.99. The van der Waals surface area contributed by atoms with Gasteiger partial charge in [-0.2, -0.15) is 13.2 Å². The molecule has 0 atom stereocenters. The minimum absolute atomic E-state index is 0.0542. The number of alkyl halides is 3. The molecule has 1 aromatic carbocycles. The second-order valence-electron chi connectivity index (χ2n) is 6.25. The zero-order valence-corrected chi connectivity index (χ0v) is 15.0. The normalized spacial score (nSPS) is 15.8. The molecule has 26 heavy (non-hydrogen) atoms. The zero-order chi connectivity index (χ0) is 18.6. The highest BCUT2D eigenvalue weighted by atomic mass is 32.1. The van der Waals surface area contributed by atoms with Gasteiger partial charge in [-0.3, -0.25) is 4.79 Å². The summed E-state index contributed by atoms with van der Waals surface area (Å²) in [4.78, 5) is 16.0. The molecular weight excluding hydrogens is 363 g/mol. The van der Waals surface area contributed by atoms with Crippen molar-refractivity contribution in [3.8, 4) is 0 Å². The van der Waals surface area contributed by atoms with E-state index in [2.05, 4.69) is 0 Å². The lowest BCUT2D eigenvalue weighted by Crippen LogP contribution is -2.44. The predicted molar refractivity (Wildman–Crippen MR) is 94.3 cm³/mol. The number of hydrogen-bond donors (Lipinski definition) is 0. The Morgan fingerprint density at radius 3 is 2.42 bits per heavy atom. The maximum absolute atomic E-state index is 13.0. The summed E-state index contributed by atoms with van der Waals surface area (Å²) in [5.74, 6) is -0.220. The van der Waals surface area contributed by atoms with E-state index >= 15 is 0 Å². The molecule has 1 aliphatic heterocycles. The molecule has 0 unspecified atom stereocenters. The molecule has 0 spiro atoms. The monoisotopic (exact) mass is 383 g/mol. The first-order chi connectivity index (χ1) is 12.4. The van der Waals surface area contributed by atoms with Crippen LogP contribution < -0.4 is 0 Å². The van der Waals surface area contributed by atoms with Gasteiger partial charge in [-0.25, -0.2) is 0 Å². The average molecular weight is 383 g/mol. The summed E-state index contributed by atoms with van der Waals surface area (Å²) in [6.07, 6.45) is -2.17. The minimum atomic E-state index is -4.40. The number of carbonyl (C=O) groups is 1. The van der Waals surface area contributed by atoms with Crippen LogP contribution >= 0.6 is 11.3 Å². The van der Waals surface area contributed by atoms with Gasteiger partial charge in [-0.05, 0) is 55.0 Å². The first-order valence-corrected chi connectivity index (χ1v) is 9.41. The average Bonchev–Trinajstić information content (AvgIpc) is 3.15.